The SMILES string of the molecule is c1ccc(CNCc2cccc3[nH]ccc23)nc1. The Kier molecular flexibility index (Phi) is 3.07. The summed E-state index contributed by atoms with van der Waals surface area (Å²) < 4.78 is 0. The molecule has 2 heterocycles. The van der Waals surface area contributed by atoms with Gasteiger partial charge in [-0.2, -0.15) is 0 Å². The Morgan fingerprint density at radius 2 is 2.00 bits per heavy atom. The number of aromatic amines is 1. The van der Waals surface area contributed by atoms with Gasteiger partial charge in [-0.3, -0.25) is 4.98 Å². The highest BCUT2D eigenvalue weighted by atomic mass is 14.9. The molecule has 0 aliphatic heterocycles. The van der Waals surface area contributed by atoms with E-state index in [1.165, 1.54) is 16.5 Å². The molecule has 90 valence electrons. The van der Waals surface area contributed by atoms with Crippen LogP contribution in [-0.2, 0) is 13.1 Å². The molecule has 0 spiro atoms. The van der Waals surface area contributed by atoms with Crippen LogP contribution in [0.4, 0.5) is 0 Å². The number of fused-ring (bicyclic) bond motifs is 1. The summed E-state index contributed by atoms with van der Waals surface area (Å²) in [5.74, 6) is 0. The van der Waals surface area contributed by atoms with Gasteiger partial charge in [0.05, 0.1) is 5.69 Å². The molecule has 0 saturated heterocycles. The molecule has 0 aliphatic carbocycles. The van der Waals surface area contributed by atoms with Gasteiger partial charge in [-0.25, -0.2) is 0 Å². The summed E-state index contributed by atoms with van der Waals surface area (Å²) in [7, 11) is 0. The molecule has 3 rings (SSSR count). The Morgan fingerprint density at radius 3 is 2.89 bits per heavy atom. The van der Waals surface area contributed by atoms with Gasteiger partial charge in [0.15, 0.2) is 0 Å². The number of aromatic nitrogens is 2. The largest absolute Gasteiger partial charge is 0.361 e. The lowest BCUT2D eigenvalue weighted by molar-refractivity contribution is 0.682. The monoisotopic (exact) mass is 237 g/mol. The number of rotatable bonds is 4. The zero-order valence-electron chi connectivity index (χ0n) is 10.1. The normalized spacial score (nSPS) is 10.9. The third-order valence-corrected chi connectivity index (χ3v) is 3.03. The van der Waals surface area contributed by atoms with E-state index in [4.69, 9.17) is 0 Å². The second-order valence-electron chi connectivity index (χ2n) is 4.28. The smallest absolute Gasteiger partial charge is 0.0541 e. The summed E-state index contributed by atoms with van der Waals surface area (Å²) >= 11 is 0. The fourth-order valence-corrected chi connectivity index (χ4v) is 2.13. The van der Waals surface area contributed by atoms with E-state index < -0.39 is 0 Å². The summed E-state index contributed by atoms with van der Waals surface area (Å²) in [6.07, 6.45) is 3.80. The second-order valence-corrected chi connectivity index (χ2v) is 4.28. The van der Waals surface area contributed by atoms with Crippen LogP contribution in [0.5, 0.6) is 0 Å². The molecule has 0 fully saturated rings. The molecule has 1 aromatic carbocycles. The van der Waals surface area contributed by atoms with Gasteiger partial charge in [0.1, 0.15) is 0 Å². The molecule has 3 nitrogen and oxygen atoms in total. The Balaban J connectivity index is 1.68. The maximum Gasteiger partial charge on any atom is 0.0541 e. The predicted octanol–water partition coefficient (Wildman–Crippen LogP) is 2.85. The lowest BCUT2D eigenvalue weighted by Gasteiger charge is -2.05. The molecule has 0 unspecified atom stereocenters. The van der Waals surface area contributed by atoms with E-state index in [1.54, 1.807) is 0 Å². The highest BCUT2D eigenvalue weighted by Crippen LogP contribution is 2.17. The van der Waals surface area contributed by atoms with Crippen LogP contribution in [-0.4, -0.2) is 9.97 Å². The van der Waals surface area contributed by atoms with Crippen molar-refractivity contribution >= 4 is 10.9 Å². The third-order valence-electron chi connectivity index (χ3n) is 3.03. The van der Waals surface area contributed by atoms with Gasteiger partial charge >= 0.3 is 0 Å². The van der Waals surface area contributed by atoms with Crippen molar-refractivity contribution < 1.29 is 0 Å². The fraction of sp³-hybridized carbons (Fsp3) is 0.133. The summed E-state index contributed by atoms with van der Waals surface area (Å²) in [6, 6.07) is 14.4. The van der Waals surface area contributed by atoms with Crippen LogP contribution in [0.25, 0.3) is 10.9 Å². The van der Waals surface area contributed by atoms with Gasteiger partial charge < -0.3 is 10.3 Å². The zero-order chi connectivity index (χ0) is 12.2. The van der Waals surface area contributed by atoms with E-state index in [9.17, 15) is 0 Å². The lowest BCUT2D eigenvalue weighted by Crippen LogP contribution is -2.13. The topological polar surface area (TPSA) is 40.7 Å². The van der Waals surface area contributed by atoms with Crippen LogP contribution >= 0.6 is 0 Å². The maximum atomic E-state index is 4.29. The molecule has 0 saturated carbocycles. The summed E-state index contributed by atoms with van der Waals surface area (Å²) in [4.78, 5) is 7.52. The number of pyridine rings is 1. The molecule has 2 N–H and O–H groups in total. The summed E-state index contributed by atoms with van der Waals surface area (Å²) in [6.45, 7) is 1.65. The van der Waals surface area contributed by atoms with Crippen LogP contribution in [0.15, 0.2) is 54.9 Å². The van der Waals surface area contributed by atoms with Crippen LogP contribution < -0.4 is 5.32 Å². The molecular weight excluding hydrogens is 222 g/mol. The van der Waals surface area contributed by atoms with Crippen molar-refractivity contribution in [3.8, 4) is 0 Å². The predicted molar refractivity (Wildman–Crippen MR) is 73.1 cm³/mol. The van der Waals surface area contributed by atoms with E-state index >= 15 is 0 Å². The number of nitrogens with zero attached hydrogens (tertiary/aromatic N) is 1. The summed E-state index contributed by atoms with van der Waals surface area (Å²) in [5, 5.41) is 4.71. The molecule has 18 heavy (non-hydrogen) atoms. The number of nitrogens with one attached hydrogen (secondary N) is 2. The number of H-pyrrole nitrogens is 1. The molecular formula is C15H15N3. The van der Waals surface area contributed by atoms with Gasteiger partial charge in [0, 0.05) is 36.4 Å². The van der Waals surface area contributed by atoms with E-state index in [0.29, 0.717) is 0 Å². The summed E-state index contributed by atoms with van der Waals surface area (Å²) in [5.41, 5.74) is 3.57. The van der Waals surface area contributed by atoms with Gasteiger partial charge in [0.25, 0.3) is 0 Å². The molecule has 2 aromatic heterocycles. The molecule has 3 aromatic rings. The van der Waals surface area contributed by atoms with Crippen molar-refractivity contribution in [1.29, 1.82) is 0 Å². The van der Waals surface area contributed by atoms with Crippen molar-refractivity contribution in [3.05, 3.63) is 66.1 Å². The van der Waals surface area contributed by atoms with Crippen LogP contribution in [0.3, 0.4) is 0 Å². The Labute approximate surface area is 106 Å². The number of hydrogen-bond donors (Lipinski definition) is 2. The van der Waals surface area contributed by atoms with E-state index in [-0.39, 0.29) is 0 Å². The highest BCUT2D eigenvalue weighted by molar-refractivity contribution is 5.82. The third kappa shape index (κ3) is 2.26. The molecule has 0 amide bonds. The number of hydrogen-bond acceptors (Lipinski definition) is 2. The minimum absolute atomic E-state index is 0.793. The molecule has 0 radical (unpaired) electrons. The van der Waals surface area contributed by atoms with Gasteiger partial charge in [0.2, 0.25) is 0 Å². The molecule has 3 heteroatoms. The first-order chi connectivity index (χ1) is 8.93. The Bertz CT molecular complexity index is 628. The Morgan fingerprint density at radius 1 is 1.00 bits per heavy atom. The second kappa shape index (κ2) is 5.02. The maximum absolute atomic E-state index is 4.29. The first-order valence-electron chi connectivity index (χ1n) is 6.09. The first kappa shape index (κ1) is 11.0. The molecule has 0 aliphatic rings. The van der Waals surface area contributed by atoms with Gasteiger partial charge in [-0.05, 0) is 29.8 Å². The molecule has 0 bridgehead atoms. The first-order valence-corrected chi connectivity index (χ1v) is 6.09. The highest BCUT2D eigenvalue weighted by Gasteiger charge is 2.01. The van der Waals surface area contributed by atoms with Crippen molar-refractivity contribution in [3.63, 3.8) is 0 Å². The zero-order valence-corrected chi connectivity index (χ0v) is 10.1. The van der Waals surface area contributed by atoms with Crippen molar-refractivity contribution in [2.75, 3.05) is 0 Å². The lowest BCUT2D eigenvalue weighted by atomic mass is 10.1. The van der Waals surface area contributed by atoms with Crippen LogP contribution in [0.1, 0.15) is 11.3 Å². The average molecular weight is 237 g/mol. The van der Waals surface area contributed by atoms with Gasteiger partial charge in [-0.1, -0.05) is 18.2 Å². The average Bonchev–Trinajstić information content (AvgIpc) is 2.89. The van der Waals surface area contributed by atoms with Crippen LogP contribution in [0, 0.1) is 0 Å². The van der Waals surface area contributed by atoms with Crippen molar-refractivity contribution in [2.45, 2.75) is 13.1 Å². The minimum Gasteiger partial charge on any atom is -0.361 e. The quantitative estimate of drug-likeness (QED) is 0.732. The Hall–Kier alpha value is -2.13. The number of benzene rings is 1. The van der Waals surface area contributed by atoms with Crippen molar-refractivity contribution in [2.24, 2.45) is 0 Å². The minimum atomic E-state index is 0.793. The van der Waals surface area contributed by atoms with E-state index in [1.807, 2.05) is 30.6 Å². The molecule has 0 atom stereocenters. The van der Waals surface area contributed by atoms with Crippen molar-refractivity contribution in [1.82, 2.24) is 15.3 Å². The fourth-order valence-electron chi connectivity index (χ4n) is 2.13. The van der Waals surface area contributed by atoms with E-state index in [0.717, 1.165) is 18.8 Å². The standard InChI is InChI=1S/C15H15N3/c1-2-8-17-13(5-1)11-16-10-12-4-3-6-15-14(12)7-9-18-15/h1-9,16,18H,10-11H2. The van der Waals surface area contributed by atoms with Crippen LogP contribution in [0.2, 0.25) is 0 Å². The van der Waals surface area contributed by atoms with E-state index in [2.05, 4.69) is 39.6 Å². The van der Waals surface area contributed by atoms with Gasteiger partial charge in [-0.15, -0.1) is 0 Å².